The van der Waals surface area contributed by atoms with E-state index in [0.717, 1.165) is 11.3 Å². The first-order chi connectivity index (χ1) is 9.38. The third-order valence-corrected chi connectivity index (χ3v) is 3.05. The molecule has 0 spiro atoms. The summed E-state index contributed by atoms with van der Waals surface area (Å²) in [5.74, 6) is 1.29. The Morgan fingerprint density at radius 2 is 1.80 bits per heavy atom. The topological polar surface area (TPSA) is 39.2 Å². The Kier molecular flexibility index (Phi) is 3.89. The molecule has 0 aliphatic carbocycles. The van der Waals surface area contributed by atoms with Gasteiger partial charge in [0.2, 0.25) is 5.88 Å². The summed E-state index contributed by atoms with van der Waals surface area (Å²) in [4.78, 5) is 15.4. The molecule has 1 aromatic heterocycles. The van der Waals surface area contributed by atoms with Gasteiger partial charge in [-0.3, -0.25) is 4.79 Å². The van der Waals surface area contributed by atoms with Crippen LogP contribution < -0.4 is 4.74 Å². The van der Waals surface area contributed by atoms with E-state index in [2.05, 4.69) is 31.8 Å². The Morgan fingerprint density at radius 3 is 2.35 bits per heavy atom. The molecule has 20 heavy (non-hydrogen) atoms. The first-order valence-corrected chi connectivity index (χ1v) is 6.62. The molecule has 0 bridgehead atoms. The largest absolute Gasteiger partial charge is 0.439 e. The van der Waals surface area contributed by atoms with Gasteiger partial charge in [-0.05, 0) is 24.5 Å². The van der Waals surface area contributed by atoms with Crippen molar-refractivity contribution in [1.29, 1.82) is 0 Å². The summed E-state index contributed by atoms with van der Waals surface area (Å²) in [5, 5.41) is 0. The van der Waals surface area contributed by atoms with Crippen molar-refractivity contribution in [3.8, 4) is 11.6 Å². The van der Waals surface area contributed by atoms with E-state index in [0.29, 0.717) is 11.4 Å². The number of carbonyl (C=O) groups excluding carboxylic acids is 1. The van der Waals surface area contributed by atoms with Crippen LogP contribution >= 0.6 is 0 Å². The highest BCUT2D eigenvalue weighted by atomic mass is 16.5. The molecule has 2 aromatic rings. The zero-order valence-electron chi connectivity index (χ0n) is 12.3. The third kappa shape index (κ3) is 3.23. The number of pyridine rings is 1. The maximum Gasteiger partial charge on any atom is 0.219 e. The number of nitrogens with zero attached hydrogens (tertiary/aromatic N) is 1. The molecule has 0 aliphatic rings. The van der Waals surface area contributed by atoms with Crippen LogP contribution in [-0.2, 0) is 5.41 Å². The summed E-state index contributed by atoms with van der Waals surface area (Å²) in [6.45, 7) is 7.94. The number of hydrogen-bond donors (Lipinski definition) is 0. The molecular weight excluding hydrogens is 250 g/mol. The van der Waals surface area contributed by atoms with Crippen molar-refractivity contribution in [3.63, 3.8) is 0 Å². The van der Waals surface area contributed by atoms with Crippen molar-refractivity contribution in [2.24, 2.45) is 0 Å². The van der Waals surface area contributed by atoms with E-state index in [1.54, 1.807) is 12.1 Å². The Balaban J connectivity index is 2.28. The zero-order chi connectivity index (χ0) is 14.8. The average molecular weight is 269 g/mol. The summed E-state index contributed by atoms with van der Waals surface area (Å²) < 4.78 is 5.85. The van der Waals surface area contributed by atoms with Gasteiger partial charge in [-0.25, -0.2) is 4.98 Å². The Bertz CT molecular complexity index is 610. The molecule has 0 radical (unpaired) electrons. The molecule has 0 N–H and O–H groups in total. The Labute approximate surface area is 119 Å². The Hall–Kier alpha value is -2.16. The number of Topliss-reactive ketones (excluding diaryl/α,β-unsaturated/α-hetero) is 1. The van der Waals surface area contributed by atoms with Crippen LogP contribution in [0.1, 0.15) is 43.6 Å². The van der Waals surface area contributed by atoms with Crippen LogP contribution in [-0.4, -0.2) is 10.8 Å². The predicted octanol–water partition coefficient (Wildman–Crippen LogP) is 4.37. The fourth-order valence-electron chi connectivity index (χ4n) is 1.94. The summed E-state index contributed by atoms with van der Waals surface area (Å²) >= 11 is 0. The van der Waals surface area contributed by atoms with Gasteiger partial charge in [-0.15, -0.1) is 0 Å². The lowest BCUT2D eigenvalue weighted by atomic mass is 9.86. The van der Waals surface area contributed by atoms with Crippen LogP contribution in [0.5, 0.6) is 11.6 Å². The molecule has 0 saturated carbocycles. The van der Waals surface area contributed by atoms with E-state index in [1.165, 1.54) is 13.1 Å². The molecule has 0 fully saturated rings. The molecule has 3 heteroatoms. The van der Waals surface area contributed by atoms with Gasteiger partial charge in [-0.2, -0.15) is 0 Å². The lowest BCUT2D eigenvalue weighted by Crippen LogP contribution is -2.12. The number of benzene rings is 1. The van der Waals surface area contributed by atoms with Gasteiger partial charge in [0.15, 0.2) is 5.78 Å². The number of ketones is 1. The molecule has 0 atom stereocenters. The molecule has 1 aromatic carbocycles. The van der Waals surface area contributed by atoms with Crippen molar-refractivity contribution < 1.29 is 9.53 Å². The molecule has 104 valence electrons. The van der Waals surface area contributed by atoms with Gasteiger partial charge in [0.1, 0.15) is 5.75 Å². The highest BCUT2D eigenvalue weighted by Gasteiger charge is 2.18. The molecule has 0 unspecified atom stereocenters. The summed E-state index contributed by atoms with van der Waals surface area (Å²) in [6, 6.07) is 11.4. The van der Waals surface area contributed by atoms with Crippen LogP contribution in [0.2, 0.25) is 0 Å². The zero-order valence-corrected chi connectivity index (χ0v) is 12.3. The summed E-state index contributed by atoms with van der Waals surface area (Å²) in [6.07, 6.45) is 1.54. The van der Waals surface area contributed by atoms with Crippen LogP contribution in [0.4, 0.5) is 0 Å². The van der Waals surface area contributed by atoms with Crippen LogP contribution in [0.15, 0.2) is 42.6 Å². The quantitative estimate of drug-likeness (QED) is 0.776. The third-order valence-electron chi connectivity index (χ3n) is 3.05. The minimum Gasteiger partial charge on any atom is -0.439 e. The van der Waals surface area contributed by atoms with Gasteiger partial charge in [0, 0.05) is 23.4 Å². The highest BCUT2D eigenvalue weighted by molar-refractivity contribution is 5.93. The van der Waals surface area contributed by atoms with Crippen molar-refractivity contribution in [3.05, 3.63) is 53.7 Å². The number of aromatic nitrogens is 1. The molecule has 1 heterocycles. The minimum absolute atomic E-state index is 0.000795. The fraction of sp³-hybridized carbons (Fsp3) is 0.294. The number of rotatable bonds is 3. The molecule has 2 rings (SSSR count). The molecule has 0 amide bonds. The van der Waals surface area contributed by atoms with Crippen LogP contribution in [0, 0.1) is 0 Å². The van der Waals surface area contributed by atoms with Crippen LogP contribution in [0.3, 0.4) is 0 Å². The molecular formula is C17H19NO2. The summed E-state index contributed by atoms with van der Waals surface area (Å²) in [5.41, 5.74) is 1.70. The standard InChI is InChI=1S/C17H19NO2/c1-12(19)13-9-10-16(18-11-13)20-15-8-6-5-7-14(15)17(2,3)4/h5-11H,1-4H3. The normalized spacial score (nSPS) is 11.2. The predicted molar refractivity (Wildman–Crippen MR) is 79.5 cm³/mol. The number of para-hydroxylation sites is 1. The number of carbonyl (C=O) groups is 1. The van der Waals surface area contributed by atoms with E-state index in [-0.39, 0.29) is 11.2 Å². The van der Waals surface area contributed by atoms with Crippen molar-refractivity contribution in [1.82, 2.24) is 4.98 Å². The van der Waals surface area contributed by atoms with Gasteiger partial charge in [-0.1, -0.05) is 39.0 Å². The fourth-order valence-corrected chi connectivity index (χ4v) is 1.94. The maximum absolute atomic E-state index is 11.2. The van der Waals surface area contributed by atoms with Crippen molar-refractivity contribution >= 4 is 5.78 Å². The van der Waals surface area contributed by atoms with Gasteiger partial charge in [0.05, 0.1) is 0 Å². The van der Waals surface area contributed by atoms with Crippen molar-refractivity contribution in [2.45, 2.75) is 33.1 Å². The van der Waals surface area contributed by atoms with E-state index >= 15 is 0 Å². The molecule has 0 saturated heterocycles. The Morgan fingerprint density at radius 1 is 1.10 bits per heavy atom. The summed E-state index contributed by atoms with van der Waals surface area (Å²) in [7, 11) is 0. The van der Waals surface area contributed by atoms with Crippen molar-refractivity contribution in [2.75, 3.05) is 0 Å². The van der Waals surface area contributed by atoms with Crippen LogP contribution in [0.25, 0.3) is 0 Å². The van der Waals surface area contributed by atoms with E-state index in [1.807, 2.05) is 18.2 Å². The molecule has 3 nitrogen and oxygen atoms in total. The van der Waals surface area contributed by atoms with E-state index in [4.69, 9.17) is 4.74 Å². The second-order valence-corrected chi connectivity index (χ2v) is 5.79. The smallest absolute Gasteiger partial charge is 0.219 e. The second kappa shape index (κ2) is 5.45. The lowest BCUT2D eigenvalue weighted by molar-refractivity contribution is 0.101. The van der Waals surface area contributed by atoms with Gasteiger partial charge in [0.25, 0.3) is 0 Å². The SMILES string of the molecule is CC(=O)c1ccc(Oc2ccccc2C(C)(C)C)nc1. The first kappa shape index (κ1) is 14.3. The monoisotopic (exact) mass is 269 g/mol. The van der Waals surface area contributed by atoms with E-state index < -0.39 is 0 Å². The van der Waals surface area contributed by atoms with Gasteiger partial charge < -0.3 is 4.74 Å². The number of hydrogen-bond acceptors (Lipinski definition) is 3. The lowest BCUT2D eigenvalue weighted by Gasteiger charge is -2.22. The highest BCUT2D eigenvalue weighted by Crippen LogP contribution is 2.33. The molecule has 0 aliphatic heterocycles. The van der Waals surface area contributed by atoms with E-state index in [9.17, 15) is 4.79 Å². The minimum atomic E-state index is -0.00405. The maximum atomic E-state index is 11.2. The van der Waals surface area contributed by atoms with Gasteiger partial charge >= 0.3 is 0 Å². The number of ether oxygens (including phenoxy) is 1. The first-order valence-electron chi connectivity index (χ1n) is 6.62. The second-order valence-electron chi connectivity index (χ2n) is 5.79. The average Bonchev–Trinajstić information content (AvgIpc) is 2.38.